The van der Waals surface area contributed by atoms with Crippen LogP contribution in [0, 0.1) is 6.92 Å². The van der Waals surface area contributed by atoms with Gasteiger partial charge in [0.1, 0.15) is 10.7 Å². The molecule has 0 bridgehead atoms. The van der Waals surface area contributed by atoms with Gasteiger partial charge in [-0.05, 0) is 44.4 Å². The Bertz CT molecular complexity index is 1350. The molecule has 1 aliphatic rings. The van der Waals surface area contributed by atoms with Crippen molar-refractivity contribution in [2.75, 3.05) is 5.32 Å². The molecule has 1 aliphatic heterocycles. The molecule has 4 aromatic rings. The Labute approximate surface area is 177 Å². The summed E-state index contributed by atoms with van der Waals surface area (Å²) in [5.74, 6) is 1.10. The molecule has 4 heterocycles. The lowest BCUT2D eigenvalue weighted by Gasteiger charge is -2.08. The number of hydrogen-bond donors (Lipinski definition) is 1. The van der Waals surface area contributed by atoms with Gasteiger partial charge in [0, 0.05) is 19.5 Å². The van der Waals surface area contributed by atoms with Crippen molar-refractivity contribution in [2.45, 2.75) is 52.6 Å². The lowest BCUT2D eigenvalue weighted by molar-refractivity contribution is 0.102. The Balaban J connectivity index is 1.57. The molecule has 1 amide bonds. The summed E-state index contributed by atoms with van der Waals surface area (Å²) in [4.78, 5) is 36.8. The van der Waals surface area contributed by atoms with Crippen LogP contribution in [-0.2, 0) is 19.5 Å². The largest absolute Gasteiger partial charge is 0.310 e. The predicted molar refractivity (Wildman–Crippen MR) is 120 cm³/mol. The maximum Gasteiger partial charge on any atom is 0.268 e. The fourth-order valence-electron chi connectivity index (χ4n) is 4.28. The number of rotatable bonds is 3. The maximum absolute atomic E-state index is 13.1. The molecule has 3 aromatic heterocycles. The van der Waals surface area contributed by atoms with E-state index in [1.54, 1.807) is 4.57 Å². The Morgan fingerprint density at radius 3 is 2.87 bits per heavy atom. The van der Waals surface area contributed by atoms with Crippen molar-refractivity contribution < 1.29 is 4.79 Å². The van der Waals surface area contributed by atoms with Gasteiger partial charge in [-0.15, -0.1) is 11.3 Å². The molecule has 8 heteroatoms. The van der Waals surface area contributed by atoms with E-state index in [4.69, 9.17) is 4.98 Å². The highest BCUT2D eigenvalue weighted by molar-refractivity contribution is 7.20. The summed E-state index contributed by atoms with van der Waals surface area (Å²) < 4.78 is 3.78. The van der Waals surface area contributed by atoms with E-state index >= 15 is 0 Å². The number of carbonyl (C=O) groups excluding carboxylic acids is 1. The van der Waals surface area contributed by atoms with Gasteiger partial charge in [0.2, 0.25) is 5.95 Å². The van der Waals surface area contributed by atoms with E-state index in [2.05, 4.69) is 10.3 Å². The van der Waals surface area contributed by atoms with Crippen LogP contribution in [0.25, 0.3) is 21.3 Å². The summed E-state index contributed by atoms with van der Waals surface area (Å²) in [6.45, 7) is 5.25. The van der Waals surface area contributed by atoms with Crippen LogP contribution in [0.15, 0.2) is 29.1 Å². The average molecular weight is 422 g/mol. The number of carbonyl (C=O) groups is 1. The molecular weight excluding hydrogens is 398 g/mol. The first kappa shape index (κ1) is 19.0. The van der Waals surface area contributed by atoms with Gasteiger partial charge < -0.3 is 4.57 Å². The number of nitrogens with zero attached hydrogens (tertiary/aromatic N) is 4. The van der Waals surface area contributed by atoms with Crippen molar-refractivity contribution in [1.82, 2.24) is 19.1 Å². The van der Waals surface area contributed by atoms with E-state index in [0.29, 0.717) is 39.7 Å². The highest BCUT2D eigenvalue weighted by atomic mass is 32.1. The molecule has 1 aromatic carbocycles. The number of imidazole rings is 1. The summed E-state index contributed by atoms with van der Waals surface area (Å²) in [6.07, 6.45) is 3.96. The zero-order chi connectivity index (χ0) is 20.8. The van der Waals surface area contributed by atoms with Crippen LogP contribution in [0.4, 0.5) is 5.95 Å². The lowest BCUT2D eigenvalue weighted by atomic mass is 10.2. The molecule has 0 saturated heterocycles. The number of nitrogens with one attached hydrogen (secondary N) is 1. The van der Waals surface area contributed by atoms with Crippen molar-refractivity contribution in [2.24, 2.45) is 0 Å². The van der Waals surface area contributed by atoms with Gasteiger partial charge in [0.25, 0.3) is 11.5 Å². The minimum Gasteiger partial charge on any atom is -0.310 e. The minimum atomic E-state index is -0.250. The van der Waals surface area contributed by atoms with Crippen LogP contribution in [0.2, 0.25) is 0 Å². The van der Waals surface area contributed by atoms with Gasteiger partial charge in [-0.2, -0.15) is 0 Å². The molecule has 1 N–H and O–H groups in total. The van der Waals surface area contributed by atoms with Crippen LogP contribution < -0.4 is 10.9 Å². The second-order valence-electron chi connectivity index (χ2n) is 7.65. The van der Waals surface area contributed by atoms with Gasteiger partial charge in [0.05, 0.1) is 21.3 Å². The van der Waals surface area contributed by atoms with E-state index in [0.717, 1.165) is 42.5 Å². The van der Waals surface area contributed by atoms with Gasteiger partial charge in [-0.3, -0.25) is 19.5 Å². The summed E-state index contributed by atoms with van der Waals surface area (Å²) in [7, 11) is 0. The van der Waals surface area contributed by atoms with Crippen molar-refractivity contribution in [3.63, 3.8) is 0 Å². The predicted octanol–water partition coefficient (Wildman–Crippen LogP) is 4.11. The number of fused-ring (bicyclic) bond motifs is 3. The van der Waals surface area contributed by atoms with Crippen molar-refractivity contribution >= 4 is 44.4 Å². The fourth-order valence-corrected chi connectivity index (χ4v) is 5.36. The third-order valence-electron chi connectivity index (χ3n) is 5.81. The van der Waals surface area contributed by atoms with Crippen LogP contribution in [0.1, 0.15) is 47.2 Å². The van der Waals surface area contributed by atoms with E-state index in [9.17, 15) is 9.59 Å². The van der Waals surface area contributed by atoms with E-state index in [-0.39, 0.29) is 11.5 Å². The zero-order valence-electron chi connectivity index (χ0n) is 17.1. The summed E-state index contributed by atoms with van der Waals surface area (Å²) in [5.41, 5.74) is 2.49. The third kappa shape index (κ3) is 2.94. The molecule has 0 unspecified atom stereocenters. The highest BCUT2D eigenvalue weighted by Crippen LogP contribution is 2.29. The normalized spacial score (nSPS) is 14.1. The van der Waals surface area contributed by atoms with Crippen LogP contribution in [-0.4, -0.2) is 25.0 Å². The molecule has 7 nitrogen and oxygen atoms in total. The standard InChI is InChI=1S/C22H23N5O2S/c1-3-26-15-10-7-6-9-14(15)23-22(26)25-19(28)18-13(2)17-20(30-18)24-16-11-5-4-8-12-27(16)21(17)29/h6-7,9-10H,3-5,8,11-12H2,1-2H3,(H,23,25,28). The summed E-state index contributed by atoms with van der Waals surface area (Å²) in [5, 5.41) is 3.52. The first-order chi connectivity index (χ1) is 14.6. The van der Waals surface area contributed by atoms with Crippen molar-refractivity contribution in [3.05, 3.63) is 50.9 Å². The van der Waals surface area contributed by atoms with Gasteiger partial charge in [-0.25, -0.2) is 9.97 Å². The fraction of sp³-hybridized carbons (Fsp3) is 0.364. The van der Waals surface area contributed by atoms with E-state index < -0.39 is 0 Å². The quantitative estimate of drug-likeness (QED) is 0.540. The van der Waals surface area contributed by atoms with Gasteiger partial charge >= 0.3 is 0 Å². The maximum atomic E-state index is 13.1. The molecule has 0 atom stereocenters. The molecule has 0 aliphatic carbocycles. The number of para-hydroxylation sites is 2. The minimum absolute atomic E-state index is 0.0227. The van der Waals surface area contributed by atoms with Crippen LogP contribution in [0.5, 0.6) is 0 Å². The Morgan fingerprint density at radius 2 is 2.03 bits per heavy atom. The third-order valence-corrected chi connectivity index (χ3v) is 7.00. The highest BCUT2D eigenvalue weighted by Gasteiger charge is 2.23. The second kappa shape index (κ2) is 7.36. The van der Waals surface area contributed by atoms with Crippen LogP contribution >= 0.6 is 11.3 Å². The molecule has 154 valence electrons. The first-order valence-corrected chi connectivity index (χ1v) is 11.2. The molecule has 30 heavy (non-hydrogen) atoms. The number of anilines is 1. The number of hydrogen-bond acceptors (Lipinski definition) is 5. The first-order valence-electron chi connectivity index (χ1n) is 10.4. The molecule has 0 radical (unpaired) electrons. The molecule has 0 saturated carbocycles. The molecular formula is C22H23N5O2S. The monoisotopic (exact) mass is 421 g/mol. The van der Waals surface area contributed by atoms with E-state index in [1.165, 1.54) is 11.3 Å². The SMILES string of the molecule is CCn1c(NC(=O)c2sc3nc4n(c(=O)c3c2C)CCCCC4)nc2ccccc21. The Kier molecular flexibility index (Phi) is 4.66. The number of amides is 1. The topological polar surface area (TPSA) is 81.8 Å². The van der Waals surface area contributed by atoms with Gasteiger partial charge in [0.15, 0.2) is 0 Å². The smallest absolute Gasteiger partial charge is 0.268 e. The zero-order valence-corrected chi connectivity index (χ0v) is 17.9. The number of thiophene rings is 1. The molecule has 0 fully saturated rings. The summed E-state index contributed by atoms with van der Waals surface area (Å²) in [6, 6.07) is 7.81. The van der Waals surface area contributed by atoms with Gasteiger partial charge in [-0.1, -0.05) is 18.6 Å². The number of aryl methyl sites for hydroxylation is 3. The second-order valence-corrected chi connectivity index (χ2v) is 8.65. The van der Waals surface area contributed by atoms with Crippen LogP contribution in [0.3, 0.4) is 0 Å². The molecule has 5 rings (SSSR count). The molecule has 0 spiro atoms. The Morgan fingerprint density at radius 1 is 1.20 bits per heavy atom. The van der Waals surface area contributed by atoms with Crippen molar-refractivity contribution in [3.8, 4) is 0 Å². The number of aromatic nitrogens is 4. The van der Waals surface area contributed by atoms with Crippen molar-refractivity contribution in [1.29, 1.82) is 0 Å². The summed E-state index contributed by atoms with van der Waals surface area (Å²) >= 11 is 1.29. The number of benzene rings is 1. The van der Waals surface area contributed by atoms with E-state index in [1.807, 2.05) is 42.7 Å². The lowest BCUT2D eigenvalue weighted by Crippen LogP contribution is -2.24. The Hall–Kier alpha value is -3.00. The average Bonchev–Trinajstić information content (AvgIpc) is 3.14.